The maximum Gasteiger partial charge on any atom is 0.242 e. The molecule has 1 amide bonds. The van der Waals surface area contributed by atoms with Crippen molar-refractivity contribution in [1.29, 1.82) is 0 Å². The Hall–Kier alpha value is -3.00. The van der Waals surface area contributed by atoms with E-state index in [1.54, 1.807) is 38.5 Å². The molecule has 0 aromatic heterocycles. The first kappa shape index (κ1) is 21.7. The van der Waals surface area contributed by atoms with Gasteiger partial charge in [-0.3, -0.25) is 9.69 Å². The summed E-state index contributed by atoms with van der Waals surface area (Å²) in [5.74, 6) is 2.16. The lowest BCUT2D eigenvalue weighted by atomic mass is 10.2. The van der Waals surface area contributed by atoms with E-state index in [0.29, 0.717) is 23.2 Å². The SMILES string of the molecule is CC[C@H]1S/C(=N/N=C\c2ccc(OC)cc2OC)N(Cc2ccc(OC)cc2)C1=O. The molecule has 0 N–H and O–H groups in total. The van der Waals surface area contributed by atoms with Crippen LogP contribution in [0.25, 0.3) is 0 Å². The third-order valence-electron chi connectivity index (χ3n) is 4.67. The summed E-state index contributed by atoms with van der Waals surface area (Å²) >= 11 is 1.44. The molecule has 7 nitrogen and oxygen atoms in total. The topological polar surface area (TPSA) is 72.7 Å². The number of amidine groups is 1. The average molecular weight is 428 g/mol. The lowest BCUT2D eigenvalue weighted by Gasteiger charge is -2.16. The molecule has 1 atom stereocenters. The summed E-state index contributed by atoms with van der Waals surface area (Å²) in [6.45, 7) is 2.43. The molecule has 8 heteroatoms. The van der Waals surface area contributed by atoms with E-state index in [4.69, 9.17) is 14.2 Å². The molecule has 0 radical (unpaired) electrons. The van der Waals surface area contributed by atoms with Gasteiger partial charge in [-0.2, -0.15) is 5.10 Å². The Balaban J connectivity index is 1.81. The third-order valence-corrected chi connectivity index (χ3v) is 6.00. The summed E-state index contributed by atoms with van der Waals surface area (Å²) in [5, 5.41) is 9.00. The summed E-state index contributed by atoms with van der Waals surface area (Å²) < 4.78 is 15.8. The highest BCUT2D eigenvalue weighted by atomic mass is 32.2. The molecule has 3 rings (SSSR count). The van der Waals surface area contributed by atoms with Gasteiger partial charge < -0.3 is 14.2 Å². The van der Waals surface area contributed by atoms with Crippen LogP contribution in [0.5, 0.6) is 17.2 Å². The average Bonchev–Trinajstić information content (AvgIpc) is 3.09. The number of benzene rings is 2. The van der Waals surface area contributed by atoms with Crippen molar-refractivity contribution in [1.82, 2.24) is 4.90 Å². The predicted octanol–water partition coefficient (Wildman–Crippen LogP) is 3.96. The van der Waals surface area contributed by atoms with Gasteiger partial charge >= 0.3 is 0 Å². The van der Waals surface area contributed by atoms with Gasteiger partial charge in [0.05, 0.1) is 39.3 Å². The van der Waals surface area contributed by atoms with Crippen molar-refractivity contribution in [2.45, 2.75) is 25.1 Å². The zero-order chi connectivity index (χ0) is 21.5. The van der Waals surface area contributed by atoms with Crippen LogP contribution in [0.15, 0.2) is 52.7 Å². The van der Waals surface area contributed by atoms with Crippen molar-refractivity contribution in [3.8, 4) is 17.2 Å². The van der Waals surface area contributed by atoms with Gasteiger partial charge in [0.15, 0.2) is 5.17 Å². The maximum atomic E-state index is 12.8. The van der Waals surface area contributed by atoms with Crippen molar-refractivity contribution in [3.05, 3.63) is 53.6 Å². The number of hydrogen-bond acceptors (Lipinski definition) is 7. The fraction of sp³-hybridized carbons (Fsp3) is 0.318. The summed E-state index contributed by atoms with van der Waals surface area (Å²) in [5.41, 5.74) is 1.76. The number of rotatable bonds is 8. The quantitative estimate of drug-likeness (QED) is 0.471. The van der Waals surface area contributed by atoms with E-state index in [0.717, 1.165) is 23.3 Å². The first-order valence-electron chi connectivity index (χ1n) is 9.53. The first-order chi connectivity index (χ1) is 14.6. The molecule has 1 fully saturated rings. The molecule has 2 aromatic carbocycles. The lowest BCUT2D eigenvalue weighted by molar-refractivity contribution is -0.126. The van der Waals surface area contributed by atoms with Crippen LogP contribution >= 0.6 is 11.8 Å². The second-order valence-electron chi connectivity index (χ2n) is 6.52. The third kappa shape index (κ3) is 4.94. The van der Waals surface area contributed by atoms with E-state index < -0.39 is 0 Å². The highest BCUT2D eigenvalue weighted by Crippen LogP contribution is 2.31. The second-order valence-corrected chi connectivity index (χ2v) is 7.69. The highest BCUT2D eigenvalue weighted by Gasteiger charge is 2.36. The Morgan fingerprint density at radius 2 is 1.73 bits per heavy atom. The van der Waals surface area contributed by atoms with Gasteiger partial charge in [-0.15, -0.1) is 5.10 Å². The van der Waals surface area contributed by atoms with Gasteiger partial charge in [0.25, 0.3) is 0 Å². The van der Waals surface area contributed by atoms with Gasteiger partial charge in [0.1, 0.15) is 17.2 Å². The number of ether oxygens (including phenoxy) is 3. The Kier molecular flexibility index (Phi) is 7.35. The number of amides is 1. The van der Waals surface area contributed by atoms with Gasteiger partial charge in [0.2, 0.25) is 5.91 Å². The molecule has 0 unspecified atom stereocenters. The summed E-state index contributed by atoms with van der Waals surface area (Å²) in [4.78, 5) is 14.5. The second kappa shape index (κ2) is 10.2. The van der Waals surface area contributed by atoms with Crippen LogP contribution < -0.4 is 14.2 Å². The zero-order valence-corrected chi connectivity index (χ0v) is 18.3. The monoisotopic (exact) mass is 427 g/mol. The molecule has 0 aliphatic carbocycles. The van der Waals surface area contributed by atoms with Gasteiger partial charge in [-0.05, 0) is 36.2 Å². The van der Waals surface area contributed by atoms with E-state index >= 15 is 0 Å². The molecule has 2 aromatic rings. The molecule has 158 valence electrons. The molecule has 0 spiro atoms. The number of thioether (sulfide) groups is 1. The van der Waals surface area contributed by atoms with E-state index in [2.05, 4.69) is 10.2 Å². The minimum absolute atomic E-state index is 0.0503. The molecule has 0 saturated carbocycles. The molecule has 1 saturated heterocycles. The van der Waals surface area contributed by atoms with Crippen molar-refractivity contribution in [2.75, 3.05) is 21.3 Å². The molecular weight excluding hydrogens is 402 g/mol. The number of methoxy groups -OCH3 is 3. The summed E-state index contributed by atoms with van der Waals surface area (Å²) in [7, 11) is 4.82. The number of carbonyl (C=O) groups excluding carboxylic acids is 1. The Bertz CT molecular complexity index is 944. The predicted molar refractivity (Wildman–Crippen MR) is 120 cm³/mol. The van der Waals surface area contributed by atoms with Crippen molar-refractivity contribution in [2.24, 2.45) is 10.2 Å². The van der Waals surface area contributed by atoms with E-state index in [1.807, 2.05) is 43.3 Å². The van der Waals surface area contributed by atoms with Crippen molar-refractivity contribution >= 4 is 29.1 Å². The van der Waals surface area contributed by atoms with Crippen molar-refractivity contribution in [3.63, 3.8) is 0 Å². The van der Waals surface area contributed by atoms with Crippen LogP contribution in [-0.2, 0) is 11.3 Å². The minimum Gasteiger partial charge on any atom is -0.497 e. The van der Waals surface area contributed by atoms with E-state index in [-0.39, 0.29) is 11.2 Å². The molecule has 1 heterocycles. The maximum absolute atomic E-state index is 12.8. The summed E-state index contributed by atoms with van der Waals surface area (Å²) in [6, 6.07) is 13.1. The van der Waals surface area contributed by atoms with Crippen LogP contribution in [0, 0.1) is 0 Å². The normalized spacial score (nSPS) is 17.7. The number of nitrogens with zero attached hydrogens (tertiary/aromatic N) is 3. The zero-order valence-electron chi connectivity index (χ0n) is 17.5. The minimum atomic E-state index is -0.146. The first-order valence-corrected chi connectivity index (χ1v) is 10.4. The van der Waals surface area contributed by atoms with Crippen molar-refractivity contribution < 1.29 is 19.0 Å². The van der Waals surface area contributed by atoms with Gasteiger partial charge in [-0.25, -0.2) is 0 Å². The molecular formula is C22H25N3O4S. The van der Waals surface area contributed by atoms with Crippen LogP contribution in [-0.4, -0.2) is 48.8 Å². The van der Waals surface area contributed by atoms with Crippen LogP contribution in [0.1, 0.15) is 24.5 Å². The van der Waals surface area contributed by atoms with Gasteiger partial charge in [-0.1, -0.05) is 30.8 Å². The standard InChI is InChI=1S/C22H25N3O4S/c1-5-20-21(26)25(14-15-6-9-17(27-2)10-7-15)22(30-20)24-23-13-16-8-11-18(28-3)12-19(16)29-4/h6-13,20H,5,14H2,1-4H3/b23-13-,24-22+/t20-/m1/s1. The van der Waals surface area contributed by atoms with Crippen LogP contribution in [0.3, 0.4) is 0 Å². The Morgan fingerprint density at radius 3 is 2.37 bits per heavy atom. The number of carbonyl (C=O) groups is 1. The molecule has 1 aliphatic rings. The molecule has 30 heavy (non-hydrogen) atoms. The van der Waals surface area contributed by atoms with Crippen LogP contribution in [0.2, 0.25) is 0 Å². The lowest BCUT2D eigenvalue weighted by Crippen LogP contribution is -2.31. The smallest absolute Gasteiger partial charge is 0.242 e. The molecule has 0 bridgehead atoms. The number of hydrogen-bond donors (Lipinski definition) is 0. The van der Waals surface area contributed by atoms with E-state index in [9.17, 15) is 4.79 Å². The molecule has 1 aliphatic heterocycles. The Morgan fingerprint density at radius 1 is 1.03 bits per heavy atom. The highest BCUT2D eigenvalue weighted by molar-refractivity contribution is 8.15. The van der Waals surface area contributed by atoms with Crippen LogP contribution in [0.4, 0.5) is 0 Å². The van der Waals surface area contributed by atoms with E-state index in [1.165, 1.54) is 11.8 Å². The summed E-state index contributed by atoms with van der Waals surface area (Å²) in [6.07, 6.45) is 2.35. The fourth-order valence-corrected chi connectivity index (χ4v) is 3.99. The largest absolute Gasteiger partial charge is 0.497 e. The Labute approximate surface area is 180 Å². The fourth-order valence-electron chi connectivity index (χ4n) is 2.97. The van der Waals surface area contributed by atoms with Gasteiger partial charge in [0, 0.05) is 11.6 Å².